The van der Waals surface area contributed by atoms with Gasteiger partial charge in [-0.2, -0.15) is 0 Å². The number of ketones is 1. The molecule has 0 radical (unpaired) electrons. The molecule has 1 fully saturated rings. The maximum Gasteiger partial charge on any atom is 0.164 e. The van der Waals surface area contributed by atoms with Gasteiger partial charge in [0.15, 0.2) is 5.78 Å². The highest BCUT2D eigenvalue weighted by molar-refractivity contribution is 7.91. The third kappa shape index (κ3) is 3.56. The number of carbonyl (C=O) groups excluding carboxylic acids is 1. The average molecular weight is 248 g/mol. The van der Waals surface area contributed by atoms with E-state index in [2.05, 4.69) is 0 Å². The molecule has 0 aromatic carbocycles. The fourth-order valence-electron chi connectivity index (χ4n) is 2.07. The van der Waals surface area contributed by atoms with Gasteiger partial charge in [0.25, 0.3) is 0 Å². The molecule has 1 aliphatic carbocycles. The summed E-state index contributed by atoms with van der Waals surface area (Å²) >= 11 is 0. The average Bonchev–Trinajstić information content (AvgIpc) is 2.66. The lowest BCUT2D eigenvalue weighted by molar-refractivity contribution is -0.136. The van der Waals surface area contributed by atoms with Crippen LogP contribution in [0.3, 0.4) is 0 Å². The number of hydrogen-bond donors (Lipinski definition) is 1. The predicted octanol–water partition coefficient (Wildman–Crippen LogP) is 1.08. The normalized spacial score (nSPS) is 19.9. The van der Waals surface area contributed by atoms with Crippen molar-refractivity contribution in [3.8, 4) is 0 Å². The van der Waals surface area contributed by atoms with Crippen molar-refractivity contribution in [2.24, 2.45) is 0 Å². The van der Waals surface area contributed by atoms with Crippen LogP contribution in [-0.4, -0.2) is 36.4 Å². The Balaban J connectivity index is 2.36. The molecule has 1 aliphatic rings. The zero-order chi connectivity index (χ0) is 12.2. The molecule has 0 saturated heterocycles. The van der Waals surface area contributed by atoms with E-state index in [9.17, 15) is 18.3 Å². The number of carbonyl (C=O) groups is 1. The molecule has 0 unspecified atom stereocenters. The van der Waals surface area contributed by atoms with Crippen molar-refractivity contribution in [3.63, 3.8) is 0 Å². The second kappa shape index (κ2) is 5.27. The Morgan fingerprint density at radius 3 is 2.38 bits per heavy atom. The van der Waals surface area contributed by atoms with Gasteiger partial charge < -0.3 is 5.11 Å². The Hall–Kier alpha value is -0.420. The molecule has 0 aromatic heterocycles. The first-order chi connectivity index (χ1) is 7.40. The van der Waals surface area contributed by atoms with Crippen molar-refractivity contribution in [2.45, 2.75) is 51.0 Å². The summed E-state index contributed by atoms with van der Waals surface area (Å²) in [7, 11) is -2.99. The number of rotatable bonds is 6. The number of hydrogen-bond acceptors (Lipinski definition) is 4. The van der Waals surface area contributed by atoms with Crippen LogP contribution in [-0.2, 0) is 14.6 Å². The van der Waals surface area contributed by atoms with Gasteiger partial charge in [-0.25, -0.2) is 8.42 Å². The van der Waals surface area contributed by atoms with Gasteiger partial charge in [-0.05, 0) is 32.1 Å². The molecule has 0 amide bonds. The van der Waals surface area contributed by atoms with Crippen molar-refractivity contribution in [2.75, 3.05) is 11.5 Å². The van der Waals surface area contributed by atoms with E-state index in [4.69, 9.17) is 0 Å². The number of Topliss-reactive ketones (excluding diaryl/α,β-unsaturated/α-hetero) is 1. The lowest BCUT2D eigenvalue weighted by Crippen LogP contribution is -2.35. The summed E-state index contributed by atoms with van der Waals surface area (Å²) in [5.41, 5.74) is -1.16. The molecule has 1 N–H and O–H groups in total. The fraction of sp³-hybridized carbons (Fsp3) is 0.909. The summed E-state index contributed by atoms with van der Waals surface area (Å²) in [5, 5.41) is 9.95. The first-order valence-electron chi connectivity index (χ1n) is 5.86. The first kappa shape index (κ1) is 13.6. The highest BCUT2D eigenvalue weighted by atomic mass is 32.2. The maximum absolute atomic E-state index is 11.7. The van der Waals surface area contributed by atoms with Gasteiger partial charge in [0, 0.05) is 12.2 Å². The Labute approximate surface area is 97.0 Å². The van der Waals surface area contributed by atoms with Crippen LogP contribution in [0.15, 0.2) is 0 Å². The Morgan fingerprint density at radius 1 is 1.31 bits per heavy atom. The minimum absolute atomic E-state index is 0.0469. The Morgan fingerprint density at radius 2 is 1.88 bits per heavy atom. The minimum atomic E-state index is -2.99. The third-order valence-electron chi connectivity index (χ3n) is 3.25. The molecule has 0 atom stereocenters. The van der Waals surface area contributed by atoms with Crippen LogP contribution in [0.2, 0.25) is 0 Å². The first-order valence-corrected chi connectivity index (χ1v) is 7.68. The summed E-state index contributed by atoms with van der Waals surface area (Å²) in [5.74, 6) is -0.0205. The van der Waals surface area contributed by atoms with Crippen molar-refractivity contribution < 1.29 is 18.3 Å². The molecule has 16 heavy (non-hydrogen) atoms. The standard InChI is InChI=1S/C11H20O4S/c1-2-16(14,15)9-5-6-10(12)11(13)7-3-4-8-11/h13H,2-9H2,1H3. The van der Waals surface area contributed by atoms with Crippen LogP contribution in [0.1, 0.15) is 45.4 Å². The summed E-state index contributed by atoms with van der Waals surface area (Å²) in [6, 6.07) is 0. The minimum Gasteiger partial charge on any atom is -0.382 e. The third-order valence-corrected chi connectivity index (χ3v) is 5.04. The van der Waals surface area contributed by atoms with Crippen LogP contribution in [0, 0.1) is 0 Å². The van der Waals surface area contributed by atoms with Gasteiger partial charge in [-0.1, -0.05) is 6.92 Å². The summed E-state index contributed by atoms with van der Waals surface area (Å²) < 4.78 is 22.4. The van der Waals surface area contributed by atoms with Crippen molar-refractivity contribution >= 4 is 15.6 Å². The fourth-order valence-corrected chi connectivity index (χ4v) is 2.94. The van der Waals surface area contributed by atoms with Crippen molar-refractivity contribution in [1.82, 2.24) is 0 Å². The number of sulfone groups is 1. The van der Waals surface area contributed by atoms with E-state index >= 15 is 0 Å². The summed E-state index contributed by atoms with van der Waals surface area (Å²) in [6.07, 6.45) is 3.34. The molecule has 0 spiro atoms. The zero-order valence-electron chi connectivity index (χ0n) is 9.74. The largest absolute Gasteiger partial charge is 0.382 e. The molecule has 5 heteroatoms. The van der Waals surface area contributed by atoms with Gasteiger partial charge in [-0.15, -0.1) is 0 Å². The molecular formula is C11H20O4S. The van der Waals surface area contributed by atoms with E-state index in [1.165, 1.54) is 0 Å². The zero-order valence-corrected chi connectivity index (χ0v) is 10.6. The SMILES string of the molecule is CCS(=O)(=O)CCCC(=O)C1(O)CCCC1. The number of aliphatic hydroxyl groups is 1. The van der Waals surface area contributed by atoms with Crippen LogP contribution in [0.5, 0.6) is 0 Å². The van der Waals surface area contributed by atoms with E-state index in [0.717, 1.165) is 12.8 Å². The molecule has 0 bridgehead atoms. The smallest absolute Gasteiger partial charge is 0.164 e. The van der Waals surface area contributed by atoms with Crippen molar-refractivity contribution in [3.05, 3.63) is 0 Å². The topological polar surface area (TPSA) is 71.4 Å². The molecule has 94 valence electrons. The monoisotopic (exact) mass is 248 g/mol. The lowest BCUT2D eigenvalue weighted by Gasteiger charge is -2.19. The van der Waals surface area contributed by atoms with Gasteiger partial charge in [0.2, 0.25) is 0 Å². The molecule has 0 aromatic rings. The maximum atomic E-state index is 11.7. The second-order valence-electron chi connectivity index (χ2n) is 4.50. The molecule has 4 nitrogen and oxygen atoms in total. The highest BCUT2D eigenvalue weighted by Crippen LogP contribution is 2.31. The molecule has 0 aliphatic heterocycles. The van der Waals surface area contributed by atoms with Crippen LogP contribution in [0.4, 0.5) is 0 Å². The Kier molecular flexibility index (Phi) is 4.50. The lowest BCUT2D eigenvalue weighted by atomic mass is 9.94. The predicted molar refractivity (Wildman–Crippen MR) is 62.0 cm³/mol. The van der Waals surface area contributed by atoms with Gasteiger partial charge in [0.1, 0.15) is 15.4 Å². The van der Waals surface area contributed by atoms with Gasteiger partial charge >= 0.3 is 0 Å². The quantitative estimate of drug-likeness (QED) is 0.763. The van der Waals surface area contributed by atoms with E-state index < -0.39 is 15.4 Å². The molecular weight excluding hydrogens is 228 g/mol. The second-order valence-corrected chi connectivity index (χ2v) is 6.97. The van der Waals surface area contributed by atoms with Gasteiger partial charge in [-0.3, -0.25) is 4.79 Å². The highest BCUT2D eigenvalue weighted by Gasteiger charge is 2.37. The Bertz CT molecular complexity index is 339. The van der Waals surface area contributed by atoms with E-state index in [0.29, 0.717) is 19.3 Å². The van der Waals surface area contributed by atoms with Crippen molar-refractivity contribution in [1.29, 1.82) is 0 Å². The van der Waals surface area contributed by atoms with Gasteiger partial charge in [0.05, 0.1) is 5.75 Å². The van der Waals surface area contributed by atoms with Crippen LogP contribution >= 0.6 is 0 Å². The van der Waals surface area contributed by atoms with E-state index in [1.54, 1.807) is 6.92 Å². The molecule has 1 rings (SSSR count). The molecule has 1 saturated carbocycles. The summed E-state index contributed by atoms with van der Waals surface area (Å²) in [6.45, 7) is 1.60. The molecule has 0 heterocycles. The summed E-state index contributed by atoms with van der Waals surface area (Å²) in [4.78, 5) is 11.7. The van der Waals surface area contributed by atoms with Crippen LogP contribution in [0.25, 0.3) is 0 Å². The van der Waals surface area contributed by atoms with E-state index in [-0.39, 0.29) is 23.7 Å². The van der Waals surface area contributed by atoms with Crippen LogP contribution < -0.4 is 0 Å². The van der Waals surface area contributed by atoms with E-state index in [1.807, 2.05) is 0 Å².